The monoisotopic (exact) mass is 781 g/mol. The molecule has 1 fully saturated rings. The number of hydrogen-bond acceptors (Lipinski definition) is 3. The van der Waals surface area contributed by atoms with Crippen molar-refractivity contribution in [3.63, 3.8) is 0 Å². The van der Waals surface area contributed by atoms with Gasteiger partial charge in [-0.25, -0.2) is 17.0 Å². The van der Waals surface area contributed by atoms with Gasteiger partial charge in [0.2, 0.25) is 0 Å². The number of aliphatic imine (C=N–C) groups is 1. The first-order valence-corrected chi connectivity index (χ1v) is 16.8. The molecule has 0 aromatic rings. The van der Waals surface area contributed by atoms with Crippen LogP contribution < -0.4 is 0 Å². The molecule has 5 aliphatic heterocycles. The molecule has 0 spiro atoms. The van der Waals surface area contributed by atoms with Crippen molar-refractivity contribution in [2.45, 2.75) is 117 Å². The van der Waals surface area contributed by atoms with Gasteiger partial charge in [0.15, 0.2) is 6.23 Å². The van der Waals surface area contributed by atoms with E-state index in [9.17, 15) is 0 Å². The van der Waals surface area contributed by atoms with Gasteiger partial charge in [-0.15, -0.1) is 37.2 Å². The number of rotatable bonds is 3. The van der Waals surface area contributed by atoms with Gasteiger partial charge in [-0.05, 0) is 60.2 Å². The maximum absolute atomic E-state index is 8.78. The first-order chi connectivity index (χ1) is 22.1. The third-order valence-corrected chi connectivity index (χ3v) is 10.3. The van der Waals surface area contributed by atoms with E-state index in [0.717, 1.165) is 65.5 Å². The summed E-state index contributed by atoms with van der Waals surface area (Å²) in [4.78, 5) is 5.24. The third-order valence-electron chi connectivity index (χ3n) is 9.03. The molecule has 7 aliphatic rings. The quantitative estimate of drug-likeness (QED) is 0.268. The number of nitrogens with zero attached hydrogens (tertiary/aromatic N) is 3. The second-order valence-corrected chi connectivity index (χ2v) is 14.7. The van der Waals surface area contributed by atoms with Crippen LogP contribution in [0, 0.1) is 35.7 Å². The Labute approximate surface area is 285 Å². The van der Waals surface area contributed by atoms with Crippen LogP contribution in [0.5, 0.6) is 0 Å². The fourth-order valence-electron chi connectivity index (χ4n) is 6.79. The summed E-state index contributed by atoms with van der Waals surface area (Å²) in [7, 11) is 0. The van der Waals surface area contributed by atoms with E-state index in [1.807, 2.05) is 33.8 Å². The van der Waals surface area contributed by atoms with E-state index in [4.69, 9.17) is 16.9 Å². The summed E-state index contributed by atoms with van der Waals surface area (Å²) in [5, 5.41) is 9.66. The molecule has 43 heavy (non-hydrogen) atoms. The van der Waals surface area contributed by atoms with Crippen LogP contribution in [0.2, 0.25) is 0 Å². The van der Waals surface area contributed by atoms with Gasteiger partial charge in [0.05, 0.1) is 0 Å². The third kappa shape index (κ3) is 7.51. The number of fused-ring (bicyclic) bond motifs is 4. The minimum Gasteiger partial charge on any atom is -0.769 e. The Morgan fingerprint density at radius 3 is 2.84 bits per heavy atom. The van der Waals surface area contributed by atoms with Gasteiger partial charge in [0.1, 0.15) is 0 Å². The molecule has 0 aromatic carbocycles. The predicted molar refractivity (Wildman–Crippen MR) is 178 cm³/mol. The fraction of sp³-hybridized carbons (Fsp3) is 0.622. The van der Waals surface area contributed by atoms with Crippen molar-refractivity contribution in [3.05, 3.63) is 86.1 Å². The average molecular weight is 781 g/mol. The molecule has 6 heteroatoms. The van der Waals surface area contributed by atoms with Crippen LogP contribution in [-0.4, -0.2) is 29.9 Å². The SMILES string of the molecule is C[C@H]1CC=C(C2=[C-]CCCC2)[N-]C1.[2H]C([2H])([2H])C1=NC2OC3=C([C@H]4CC=C5C(C)=C(C([2H])([2H])C(C)(C)C)S[C@H]5[N-]4)[CH-]CC[C@H]3C2C=C1.[Ir]. The second kappa shape index (κ2) is 13.9. The molecule has 0 amide bonds. The molecule has 2 aliphatic carbocycles. The van der Waals surface area contributed by atoms with Gasteiger partial charge in [-0.3, -0.25) is 6.08 Å². The van der Waals surface area contributed by atoms with E-state index in [1.165, 1.54) is 37.0 Å². The second-order valence-electron chi connectivity index (χ2n) is 13.7. The summed E-state index contributed by atoms with van der Waals surface area (Å²) >= 11 is 1.55. The number of hydrogen-bond donors (Lipinski definition) is 0. The normalized spacial score (nSPS) is 35.4. The standard InChI is InChI=1S/C25H32N2OS.C12H17N.Ir/c1-14-9-10-18-17-7-6-8-19(22(17)28-23(18)26-14)20-12-11-16-15(2)21(13-25(3,4)5)29-24(16)27-20;1-10-7-8-12(13-9-10)11-5-3-2-4-6-11;/h8-11,17-18,20,23-24H,6-7,12-13H2,1-5H3;8,10H,2-5,7,9H2,1H3;/q2*-2;/t17-,18?,20+,23?,24+;10-;/m00./s1/i1D3,13D2;;. The van der Waals surface area contributed by atoms with Gasteiger partial charge in [0, 0.05) is 38.6 Å². The van der Waals surface area contributed by atoms with Crippen LogP contribution in [0.1, 0.15) is 106 Å². The van der Waals surface area contributed by atoms with Crippen LogP contribution in [0.3, 0.4) is 0 Å². The zero-order valence-electron chi connectivity index (χ0n) is 31.2. The molecule has 6 atom stereocenters. The van der Waals surface area contributed by atoms with Gasteiger partial charge < -0.3 is 21.1 Å². The van der Waals surface area contributed by atoms with Crippen molar-refractivity contribution in [3.8, 4) is 0 Å². The predicted octanol–water partition coefficient (Wildman–Crippen LogP) is 10.3. The van der Waals surface area contributed by atoms with Crippen LogP contribution in [0.4, 0.5) is 0 Å². The molecular weight excluding hydrogens is 727 g/mol. The van der Waals surface area contributed by atoms with Crippen LogP contribution in [0.25, 0.3) is 10.6 Å². The van der Waals surface area contributed by atoms with E-state index in [1.54, 1.807) is 17.8 Å². The molecule has 237 valence electrons. The van der Waals surface area contributed by atoms with Crippen molar-refractivity contribution in [1.29, 1.82) is 0 Å². The Kier molecular flexibility index (Phi) is 8.64. The zero-order valence-corrected chi connectivity index (χ0v) is 29.4. The minimum absolute atomic E-state index is 0. The van der Waals surface area contributed by atoms with E-state index >= 15 is 0 Å². The van der Waals surface area contributed by atoms with E-state index in [0.29, 0.717) is 0 Å². The molecule has 0 aromatic heterocycles. The largest absolute Gasteiger partial charge is 0.769 e. The molecule has 2 unspecified atom stereocenters. The molecule has 4 nitrogen and oxygen atoms in total. The summed E-state index contributed by atoms with van der Waals surface area (Å²) < 4.78 is 46.9. The van der Waals surface area contributed by atoms with Crippen LogP contribution >= 0.6 is 11.8 Å². The fourth-order valence-corrected chi connectivity index (χ4v) is 8.29. The molecule has 0 N–H and O–H groups in total. The zero-order chi connectivity index (χ0) is 33.7. The Morgan fingerprint density at radius 2 is 2.12 bits per heavy atom. The van der Waals surface area contributed by atoms with Gasteiger partial charge in [-0.2, -0.15) is 11.6 Å². The van der Waals surface area contributed by atoms with Crippen LogP contribution in [-0.2, 0) is 24.8 Å². The molecular formula is C37H49IrN3OS-4. The van der Waals surface area contributed by atoms with Crippen molar-refractivity contribution >= 4 is 17.5 Å². The van der Waals surface area contributed by atoms with E-state index in [-0.39, 0.29) is 49.1 Å². The molecule has 1 radical (unpaired) electrons. The summed E-state index contributed by atoms with van der Waals surface area (Å²) in [5.74, 6) is 1.93. The van der Waals surface area contributed by atoms with E-state index < -0.39 is 24.9 Å². The number of dihydropyridines is 1. The Balaban J connectivity index is 0.000000270. The van der Waals surface area contributed by atoms with Gasteiger partial charge >= 0.3 is 0 Å². The summed E-state index contributed by atoms with van der Waals surface area (Å²) in [6, 6.07) is -0.0399. The van der Waals surface area contributed by atoms with Crippen molar-refractivity contribution < 1.29 is 31.7 Å². The average Bonchev–Trinajstić information content (AvgIpc) is 3.58. The number of allylic oxidation sites excluding steroid dienone is 6. The molecule has 1 saturated heterocycles. The van der Waals surface area contributed by atoms with E-state index in [2.05, 4.69) is 41.9 Å². The maximum atomic E-state index is 8.78. The molecule has 0 bridgehead atoms. The number of ether oxygens (including phenoxy) is 1. The van der Waals surface area contributed by atoms with Crippen molar-refractivity contribution in [1.82, 2.24) is 0 Å². The molecule has 5 heterocycles. The first-order valence-electron chi connectivity index (χ1n) is 18.4. The summed E-state index contributed by atoms with van der Waals surface area (Å²) in [6.45, 7) is 8.89. The smallest absolute Gasteiger partial charge is 0.175 e. The Bertz CT molecular complexity index is 1470. The summed E-state index contributed by atoms with van der Waals surface area (Å²) in [6.07, 6.45) is 20.7. The molecule has 0 saturated carbocycles. The summed E-state index contributed by atoms with van der Waals surface area (Å²) in [5.41, 5.74) is 5.51. The van der Waals surface area contributed by atoms with Crippen LogP contribution in [0.15, 0.2) is 68.0 Å². The van der Waals surface area contributed by atoms with Crippen molar-refractivity contribution in [2.24, 2.45) is 28.2 Å². The minimum atomic E-state index is -2.23. The topological polar surface area (TPSA) is 49.8 Å². The maximum Gasteiger partial charge on any atom is 0.175 e. The van der Waals surface area contributed by atoms with Crippen molar-refractivity contribution in [2.75, 3.05) is 6.54 Å². The Hall–Kier alpha value is -1.46. The first kappa shape index (κ1) is 26.7. The Morgan fingerprint density at radius 1 is 1.26 bits per heavy atom. The van der Waals surface area contributed by atoms with Gasteiger partial charge in [0.25, 0.3) is 0 Å². The number of thioether (sulfide) groups is 1. The molecule has 7 rings (SSSR count). The van der Waals surface area contributed by atoms with Gasteiger partial charge in [-0.1, -0.05) is 88.8 Å².